The van der Waals surface area contributed by atoms with Gasteiger partial charge in [0, 0.05) is 6.54 Å². The topological polar surface area (TPSA) is 38.5 Å². The van der Waals surface area contributed by atoms with E-state index in [1.807, 2.05) is 0 Å². The minimum Gasteiger partial charge on any atom is -0.304 e. The summed E-state index contributed by atoms with van der Waals surface area (Å²) in [7, 11) is 0. The molecule has 0 radical (unpaired) electrons. The Labute approximate surface area is 74.8 Å². The predicted molar refractivity (Wildman–Crippen MR) is 49.6 cm³/mol. The van der Waals surface area contributed by atoms with Crippen molar-refractivity contribution in [2.45, 2.75) is 26.2 Å². The molecule has 1 heterocycles. The normalized spacial score (nSPS) is 26.0. The largest absolute Gasteiger partial charge is 0.304 e. The van der Waals surface area contributed by atoms with Crippen LogP contribution in [-0.2, 0) is 4.84 Å². The molecule has 3 heteroatoms. The molecule has 0 spiro atoms. The maximum absolute atomic E-state index is 5.06. The fraction of sp³-hybridized carbons (Fsp3) is 1.00. The molecule has 0 aromatic rings. The Bertz CT molecular complexity index is 103. The Balaban J connectivity index is 2.20. The molecule has 1 aliphatic rings. The minimum absolute atomic E-state index is 0.662. The zero-order valence-electron chi connectivity index (χ0n) is 7.96. The molecule has 1 saturated heterocycles. The molecule has 1 unspecified atom stereocenters. The number of nitrogens with zero attached hydrogens (tertiary/aromatic N) is 1. The second kappa shape index (κ2) is 5.51. The summed E-state index contributed by atoms with van der Waals surface area (Å²) in [6.45, 7) is 6.60. The van der Waals surface area contributed by atoms with Crippen molar-refractivity contribution < 1.29 is 4.84 Å². The van der Waals surface area contributed by atoms with Crippen molar-refractivity contribution in [2.24, 2.45) is 11.8 Å². The van der Waals surface area contributed by atoms with Crippen LogP contribution in [0.3, 0.4) is 0 Å². The van der Waals surface area contributed by atoms with Gasteiger partial charge in [0.1, 0.15) is 0 Å². The van der Waals surface area contributed by atoms with Gasteiger partial charge in [0.25, 0.3) is 0 Å². The highest BCUT2D eigenvalue weighted by Gasteiger charge is 2.18. The van der Waals surface area contributed by atoms with Crippen molar-refractivity contribution in [2.75, 3.05) is 26.2 Å². The Hall–Kier alpha value is -0.120. The van der Waals surface area contributed by atoms with Crippen molar-refractivity contribution in [1.82, 2.24) is 4.90 Å². The van der Waals surface area contributed by atoms with E-state index in [0.29, 0.717) is 5.92 Å². The first-order valence-corrected chi connectivity index (χ1v) is 4.90. The molecular weight excluding hydrogens is 152 g/mol. The van der Waals surface area contributed by atoms with Crippen LogP contribution >= 0.6 is 0 Å². The lowest BCUT2D eigenvalue weighted by Crippen LogP contribution is -2.37. The molecule has 1 atom stereocenters. The summed E-state index contributed by atoms with van der Waals surface area (Å²) < 4.78 is 0. The van der Waals surface area contributed by atoms with Gasteiger partial charge in [-0.25, -0.2) is 5.90 Å². The van der Waals surface area contributed by atoms with Crippen molar-refractivity contribution in [1.29, 1.82) is 0 Å². The van der Waals surface area contributed by atoms with Crippen LogP contribution in [0.4, 0.5) is 0 Å². The number of likely N-dealkylation sites (tertiary alicyclic amines) is 1. The van der Waals surface area contributed by atoms with Gasteiger partial charge >= 0.3 is 0 Å². The lowest BCUT2D eigenvalue weighted by atomic mass is 9.99. The predicted octanol–water partition coefficient (Wildman–Crippen LogP) is 0.999. The fourth-order valence-electron chi connectivity index (χ4n) is 1.94. The number of nitrogens with two attached hydrogens (primary N) is 1. The van der Waals surface area contributed by atoms with Crippen LogP contribution in [0.5, 0.6) is 0 Å². The molecule has 0 aromatic carbocycles. The average Bonchev–Trinajstić information content (AvgIpc) is 2.06. The SMILES string of the molecule is CCCN1CCCC(CON)C1. The summed E-state index contributed by atoms with van der Waals surface area (Å²) in [5.74, 6) is 5.72. The average molecular weight is 172 g/mol. The summed E-state index contributed by atoms with van der Waals surface area (Å²) in [5.41, 5.74) is 0. The van der Waals surface area contributed by atoms with E-state index < -0.39 is 0 Å². The van der Waals surface area contributed by atoms with E-state index in [1.54, 1.807) is 0 Å². The van der Waals surface area contributed by atoms with Gasteiger partial charge in [0.05, 0.1) is 6.61 Å². The van der Waals surface area contributed by atoms with E-state index >= 15 is 0 Å². The molecule has 0 saturated carbocycles. The fourth-order valence-corrected chi connectivity index (χ4v) is 1.94. The van der Waals surface area contributed by atoms with Crippen LogP contribution in [0.2, 0.25) is 0 Å². The highest BCUT2D eigenvalue weighted by atomic mass is 16.6. The van der Waals surface area contributed by atoms with Gasteiger partial charge in [-0.2, -0.15) is 0 Å². The van der Waals surface area contributed by atoms with E-state index in [-0.39, 0.29) is 0 Å². The molecular formula is C9H20N2O. The maximum atomic E-state index is 5.06. The third kappa shape index (κ3) is 3.09. The lowest BCUT2D eigenvalue weighted by molar-refractivity contribution is 0.0609. The molecule has 1 aliphatic heterocycles. The summed E-state index contributed by atoms with van der Waals surface area (Å²) in [5, 5.41) is 0. The van der Waals surface area contributed by atoms with E-state index in [0.717, 1.165) is 6.61 Å². The van der Waals surface area contributed by atoms with Crippen LogP contribution in [0.25, 0.3) is 0 Å². The highest BCUT2D eigenvalue weighted by Crippen LogP contribution is 2.16. The second-order valence-corrected chi connectivity index (χ2v) is 3.64. The zero-order chi connectivity index (χ0) is 8.81. The molecule has 0 aliphatic carbocycles. The molecule has 2 N–H and O–H groups in total. The highest BCUT2D eigenvalue weighted by molar-refractivity contribution is 4.71. The smallest absolute Gasteiger partial charge is 0.0719 e. The molecule has 72 valence electrons. The molecule has 1 fully saturated rings. The van der Waals surface area contributed by atoms with Gasteiger partial charge in [-0.1, -0.05) is 6.92 Å². The first kappa shape index (κ1) is 9.96. The standard InChI is InChI=1S/C9H20N2O/c1-2-5-11-6-3-4-9(7-11)8-12-10/h9H,2-8,10H2,1H3. The van der Waals surface area contributed by atoms with Gasteiger partial charge in [-0.3, -0.25) is 0 Å². The summed E-state index contributed by atoms with van der Waals surface area (Å²) in [4.78, 5) is 7.19. The van der Waals surface area contributed by atoms with E-state index in [2.05, 4.69) is 16.7 Å². The quantitative estimate of drug-likeness (QED) is 0.643. The Morgan fingerprint density at radius 1 is 1.58 bits per heavy atom. The Morgan fingerprint density at radius 2 is 2.42 bits per heavy atom. The van der Waals surface area contributed by atoms with Gasteiger partial charge in [0.15, 0.2) is 0 Å². The van der Waals surface area contributed by atoms with Gasteiger partial charge in [-0.15, -0.1) is 0 Å². The molecule has 0 amide bonds. The number of rotatable bonds is 4. The van der Waals surface area contributed by atoms with Gasteiger partial charge in [-0.05, 0) is 38.3 Å². The first-order chi connectivity index (χ1) is 5.86. The van der Waals surface area contributed by atoms with Crippen molar-refractivity contribution in [3.63, 3.8) is 0 Å². The molecule has 3 nitrogen and oxygen atoms in total. The number of hydrogen-bond donors (Lipinski definition) is 1. The number of hydrogen-bond acceptors (Lipinski definition) is 3. The first-order valence-electron chi connectivity index (χ1n) is 4.90. The van der Waals surface area contributed by atoms with Crippen LogP contribution < -0.4 is 5.90 Å². The summed E-state index contributed by atoms with van der Waals surface area (Å²) in [6.07, 6.45) is 3.82. The maximum Gasteiger partial charge on any atom is 0.0719 e. The van der Waals surface area contributed by atoms with Crippen molar-refractivity contribution >= 4 is 0 Å². The van der Waals surface area contributed by atoms with Gasteiger partial charge in [0.2, 0.25) is 0 Å². The molecule has 0 bridgehead atoms. The number of piperidine rings is 1. The van der Waals surface area contributed by atoms with Crippen LogP contribution in [-0.4, -0.2) is 31.1 Å². The van der Waals surface area contributed by atoms with Crippen molar-refractivity contribution in [3.8, 4) is 0 Å². The van der Waals surface area contributed by atoms with Gasteiger partial charge < -0.3 is 9.74 Å². The van der Waals surface area contributed by atoms with E-state index in [1.165, 1.54) is 38.9 Å². The molecule has 0 aromatic heterocycles. The summed E-state index contributed by atoms with van der Waals surface area (Å²) in [6, 6.07) is 0. The second-order valence-electron chi connectivity index (χ2n) is 3.64. The van der Waals surface area contributed by atoms with Crippen LogP contribution in [0.1, 0.15) is 26.2 Å². The summed E-state index contributed by atoms with van der Waals surface area (Å²) >= 11 is 0. The van der Waals surface area contributed by atoms with Crippen LogP contribution in [0.15, 0.2) is 0 Å². The molecule has 1 rings (SSSR count). The van der Waals surface area contributed by atoms with Crippen LogP contribution in [0, 0.1) is 5.92 Å². The lowest BCUT2D eigenvalue weighted by Gasteiger charge is -2.31. The van der Waals surface area contributed by atoms with E-state index in [9.17, 15) is 0 Å². The Morgan fingerprint density at radius 3 is 3.08 bits per heavy atom. The minimum atomic E-state index is 0.662. The third-order valence-electron chi connectivity index (χ3n) is 2.47. The van der Waals surface area contributed by atoms with E-state index in [4.69, 9.17) is 5.90 Å². The zero-order valence-corrected chi connectivity index (χ0v) is 7.96. The van der Waals surface area contributed by atoms with Crippen molar-refractivity contribution in [3.05, 3.63) is 0 Å². The third-order valence-corrected chi connectivity index (χ3v) is 2.47. The Kier molecular flexibility index (Phi) is 4.58. The molecule has 12 heavy (non-hydrogen) atoms. The monoisotopic (exact) mass is 172 g/mol.